The van der Waals surface area contributed by atoms with Gasteiger partial charge in [0.25, 0.3) is 0 Å². The number of carboxylic acid groups (broad SMARTS) is 1. The highest BCUT2D eigenvalue weighted by Gasteiger charge is 2.48. The number of oxazole rings is 1. The van der Waals surface area contributed by atoms with E-state index in [4.69, 9.17) is 9.15 Å². The number of aliphatic carboxylic acids is 1. The van der Waals surface area contributed by atoms with E-state index in [0.717, 1.165) is 5.56 Å². The van der Waals surface area contributed by atoms with Crippen molar-refractivity contribution in [1.82, 2.24) is 4.98 Å². The van der Waals surface area contributed by atoms with Crippen LogP contribution in [0, 0.1) is 6.92 Å². The van der Waals surface area contributed by atoms with Gasteiger partial charge in [-0.2, -0.15) is 0 Å². The first-order chi connectivity index (χ1) is 8.12. The lowest BCUT2D eigenvalue weighted by atomic mass is 9.78. The molecule has 1 aromatic carbocycles. The average Bonchev–Trinajstić information content (AvgIpc) is 2.54. The predicted molar refractivity (Wildman–Crippen MR) is 58.9 cm³/mol. The Labute approximate surface area is 97.0 Å². The maximum Gasteiger partial charge on any atom is 0.318 e. The molecule has 0 amide bonds. The number of hydrogen-bond donors (Lipinski definition) is 1. The van der Waals surface area contributed by atoms with Gasteiger partial charge in [-0.1, -0.05) is 6.07 Å². The Morgan fingerprint density at radius 1 is 1.47 bits per heavy atom. The lowest BCUT2D eigenvalue weighted by molar-refractivity contribution is -0.163. The summed E-state index contributed by atoms with van der Waals surface area (Å²) in [5.74, 6) is -0.283. The Morgan fingerprint density at radius 3 is 2.82 bits per heavy atom. The molecule has 5 nitrogen and oxygen atoms in total. The number of rotatable bonds is 2. The highest BCUT2D eigenvalue weighted by atomic mass is 16.5. The van der Waals surface area contributed by atoms with E-state index in [1.807, 2.05) is 0 Å². The Kier molecular flexibility index (Phi) is 2.00. The number of carbonyl (C=O) groups is 1. The third-order valence-corrected chi connectivity index (χ3v) is 3.15. The van der Waals surface area contributed by atoms with Gasteiger partial charge in [0.1, 0.15) is 10.9 Å². The number of ether oxygens (including phenoxy) is 1. The number of benzene rings is 1. The zero-order valence-electron chi connectivity index (χ0n) is 9.27. The topological polar surface area (TPSA) is 72.6 Å². The van der Waals surface area contributed by atoms with Gasteiger partial charge in [-0.15, -0.1) is 0 Å². The molecule has 1 N–H and O–H groups in total. The molecule has 0 aliphatic carbocycles. The maximum absolute atomic E-state index is 11.3. The van der Waals surface area contributed by atoms with E-state index in [9.17, 15) is 9.90 Å². The van der Waals surface area contributed by atoms with Gasteiger partial charge in [0.2, 0.25) is 0 Å². The van der Waals surface area contributed by atoms with Crippen LogP contribution in [0.1, 0.15) is 11.5 Å². The Balaban J connectivity index is 2.14. The molecule has 0 saturated carbocycles. The van der Waals surface area contributed by atoms with Crippen LogP contribution in [0.3, 0.4) is 0 Å². The zero-order chi connectivity index (χ0) is 12.0. The minimum absolute atomic E-state index is 0.213. The molecule has 0 bridgehead atoms. The fourth-order valence-electron chi connectivity index (χ4n) is 2.06. The number of fused-ring (bicyclic) bond motifs is 1. The van der Waals surface area contributed by atoms with Crippen molar-refractivity contribution in [2.24, 2.45) is 0 Å². The van der Waals surface area contributed by atoms with Crippen molar-refractivity contribution in [3.8, 4) is 0 Å². The largest absolute Gasteiger partial charge is 0.480 e. The minimum atomic E-state index is -0.916. The second kappa shape index (κ2) is 3.30. The van der Waals surface area contributed by atoms with Gasteiger partial charge in [0.15, 0.2) is 11.5 Å². The van der Waals surface area contributed by atoms with Crippen molar-refractivity contribution >= 4 is 17.1 Å². The average molecular weight is 233 g/mol. The smallest absolute Gasteiger partial charge is 0.318 e. The summed E-state index contributed by atoms with van der Waals surface area (Å²) >= 11 is 0. The Hall–Kier alpha value is -1.88. The molecule has 1 fully saturated rings. The highest BCUT2D eigenvalue weighted by molar-refractivity contribution is 5.85. The molecule has 1 saturated heterocycles. The second-order valence-corrected chi connectivity index (χ2v) is 4.30. The molecule has 0 radical (unpaired) electrons. The fourth-order valence-corrected chi connectivity index (χ4v) is 2.06. The summed E-state index contributed by atoms with van der Waals surface area (Å²) in [7, 11) is 0. The lowest BCUT2D eigenvalue weighted by Gasteiger charge is -2.37. The van der Waals surface area contributed by atoms with Crippen molar-refractivity contribution in [3.63, 3.8) is 0 Å². The quantitative estimate of drug-likeness (QED) is 0.850. The zero-order valence-corrected chi connectivity index (χ0v) is 9.27. The molecule has 5 heteroatoms. The first-order valence-corrected chi connectivity index (χ1v) is 5.31. The summed E-state index contributed by atoms with van der Waals surface area (Å²) in [6, 6.07) is 5.29. The van der Waals surface area contributed by atoms with E-state index >= 15 is 0 Å². The molecule has 1 aliphatic heterocycles. The molecule has 17 heavy (non-hydrogen) atoms. The summed E-state index contributed by atoms with van der Waals surface area (Å²) in [4.78, 5) is 15.5. The fraction of sp³-hybridized carbons (Fsp3) is 0.333. The molecule has 1 aliphatic rings. The number of aryl methyl sites for hydroxylation is 1. The van der Waals surface area contributed by atoms with Gasteiger partial charge in [-0.3, -0.25) is 4.79 Å². The van der Waals surface area contributed by atoms with Crippen LogP contribution < -0.4 is 0 Å². The van der Waals surface area contributed by atoms with Gasteiger partial charge in [0.05, 0.1) is 13.2 Å². The summed E-state index contributed by atoms with van der Waals surface area (Å²) in [5.41, 5.74) is 1.16. The van der Waals surface area contributed by atoms with Gasteiger partial charge >= 0.3 is 5.97 Å². The number of nitrogens with zero attached hydrogens (tertiary/aromatic N) is 1. The standard InChI is InChI=1S/C12H11NO4/c1-7-13-9-4-8(2-3-10(9)17-7)12(11(14)15)5-16-6-12/h2-4H,5-6H2,1H3,(H,14,15). The van der Waals surface area contributed by atoms with Crippen LogP contribution in [-0.2, 0) is 14.9 Å². The molecule has 0 unspecified atom stereocenters. The predicted octanol–water partition coefficient (Wildman–Crippen LogP) is 1.49. The van der Waals surface area contributed by atoms with Crippen LogP contribution in [0.2, 0.25) is 0 Å². The molecule has 0 spiro atoms. The van der Waals surface area contributed by atoms with Gasteiger partial charge in [-0.25, -0.2) is 4.98 Å². The number of carboxylic acids is 1. The van der Waals surface area contributed by atoms with Crippen LogP contribution >= 0.6 is 0 Å². The molecule has 1 aromatic heterocycles. The van der Waals surface area contributed by atoms with Gasteiger partial charge < -0.3 is 14.3 Å². The first-order valence-electron chi connectivity index (χ1n) is 5.31. The van der Waals surface area contributed by atoms with E-state index in [1.54, 1.807) is 25.1 Å². The number of aromatic nitrogens is 1. The number of hydrogen-bond acceptors (Lipinski definition) is 4. The minimum Gasteiger partial charge on any atom is -0.480 e. The van der Waals surface area contributed by atoms with Crippen LogP contribution in [0.5, 0.6) is 0 Å². The lowest BCUT2D eigenvalue weighted by Crippen LogP contribution is -2.53. The summed E-state index contributed by atoms with van der Waals surface area (Å²) < 4.78 is 10.4. The molecule has 3 rings (SSSR count). The summed E-state index contributed by atoms with van der Waals surface area (Å²) in [5, 5.41) is 9.29. The van der Waals surface area contributed by atoms with Crippen molar-refractivity contribution in [2.45, 2.75) is 12.3 Å². The molecular weight excluding hydrogens is 222 g/mol. The maximum atomic E-state index is 11.3. The van der Waals surface area contributed by atoms with Crippen molar-refractivity contribution in [3.05, 3.63) is 29.7 Å². The summed E-state index contributed by atoms with van der Waals surface area (Å²) in [6.45, 7) is 2.19. The molecule has 88 valence electrons. The first kappa shape index (κ1) is 10.3. The van der Waals surface area contributed by atoms with Crippen LogP contribution in [-0.4, -0.2) is 29.3 Å². The highest BCUT2D eigenvalue weighted by Crippen LogP contribution is 2.34. The van der Waals surface area contributed by atoms with E-state index in [1.165, 1.54) is 0 Å². The van der Waals surface area contributed by atoms with Gasteiger partial charge in [0, 0.05) is 6.92 Å². The second-order valence-electron chi connectivity index (χ2n) is 4.30. The van der Waals surface area contributed by atoms with E-state index < -0.39 is 11.4 Å². The SMILES string of the molecule is Cc1nc2cc(C3(C(=O)O)COC3)ccc2o1. The molecule has 2 aromatic rings. The van der Waals surface area contributed by atoms with E-state index in [0.29, 0.717) is 17.0 Å². The van der Waals surface area contributed by atoms with E-state index in [2.05, 4.69) is 4.98 Å². The van der Waals surface area contributed by atoms with Crippen LogP contribution in [0.25, 0.3) is 11.1 Å². The summed E-state index contributed by atoms with van der Waals surface area (Å²) in [6.07, 6.45) is 0. The third-order valence-electron chi connectivity index (χ3n) is 3.15. The third kappa shape index (κ3) is 1.36. The van der Waals surface area contributed by atoms with Crippen LogP contribution in [0.4, 0.5) is 0 Å². The normalized spacial score (nSPS) is 17.9. The Bertz CT molecular complexity index is 598. The van der Waals surface area contributed by atoms with Crippen LogP contribution in [0.15, 0.2) is 22.6 Å². The molecule has 2 heterocycles. The van der Waals surface area contributed by atoms with Crippen molar-refractivity contribution in [1.29, 1.82) is 0 Å². The molecular formula is C12H11NO4. The molecule has 0 atom stereocenters. The Morgan fingerprint density at radius 2 is 2.24 bits per heavy atom. The van der Waals surface area contributed by atoms with Crippen molar-refractivity contribution < 1.29 is 19.1 Å². The monoisotopic (exact) mass is 233 g/mol. The van der Waals surface area contributed by atoms with Gasteiger partial charge in [-0.05, 0) is 17.7 Å². The van der Waals surface area contributed by atoms with E-state index in [-0.39, 0.29) is 13.2 Å². The van der Waals surface area contributed by atoms with Crippen molar-refractivity contribution in [2.75, 3.05) is 13.2 Å².